The molecule has 1 aromatic carbocycles. The molecule has 1 heterocycles. The summed E-state index contributed by atoms with van der Waals surface area (Å²) in [6, 6.07) is 6.91. The van der Waals surface area contributed by atoms with Gasteiger partial charge in [0, 0.05) is 25.7 Å². The normalized spacial score (nSPS) is 22.1. The molecule has 1 aromatic rings. The first kappa shape index (κ1) is 15.4. The van der Waals surface area contributed by atoms with Crippen LogP contribution in [-0.2, 0) is 16.6 Å². The number of hydrogen-bond donors (Lipinski definition) is 1. The predicted octanol–water partition coefficient (Wildman–Crippen LogP) is 0.894. The number of rotatable bonds is 4. The zero-order valence-corrected chi connectivity index (χ0v) is 12.8. The van der Waals surface area contributed by atoms with Crippen LogP contribution < -0.4 is 0 Å². The number of aliphatic hydroxyl groups is 1. The van der Waals surface area contributed by atoms with Crippen LogP contribution in [0.15, 0.2) is 29.2 Å². The molecular weight excluding hydrogens is 276 g/mol. The minimum absolute atomic E-state index is 0.224. The van der Waals surface area contributed by atoms with E-state index >= 15 is 0 Å². The van der Waals surface area contributed by atoms with Crippen molar-refractivity contribution in [1.82, 2.24) is 9.21 Å². The van der Waals surface area contributed by atoms with Crippen LogP contribution in [0.2, 0.25) is 0 Å². The van der Waals surface area contributed by atoms with Crippen molar-refractivity contribution in [3.63, 3.8) is 0 Å². The zero-order chi connectivity index (χ0) is 14.8. The summed E-state index contributed by atoms with van der Waals surface area (Å²) < 4.78 is 27.0. The average Bonchev–Trinajstić information content (AvgIpc) is 2.47. The molecule has 1 N–H and O–H groups in total. The van der Waals surface area contributed by atoms with E-state index in [1.807, 2.05) is 7.05 Å². The van der Waals surface area contributed by atoms with Gasteiger partial charge in [-0.2, -0.15) is 4.31 Å². The molecule has 1 unspecified atom stereocenters. The van der Waals surface area contributed by atoms with E-state index in [-0.39, 0.29) is 17.5 Å². The molecule has 1 aliphatic rings. The van der Waals surface area contributed by atoms with E-state index in [2.05, 4.69) is 11.8 Å². The van der Waals surface area contributed by atoms with Gasteiger partial charge in [-0.25, -0.2) is 8.42 Å². The largest absolute Gasteiger partial charge is 0.392 e. The summed E-state index contributed by atoms with van der Waals surface area (Å²) in [4.78, 5) is 2.42. The van der Waals surface area contributed by atoms with Crippen LogP contribution in [0.1, 0.15) is 18.9 Å². The molecule has 6 heteroatoms. The molecule has 0 bridgehead atoms. The van der Waals surface area contributed by atoms with Crippen LogP contribution in [-0.4, -0.2) is 55.5 Å². The van der Waals surface area contributed by atoms with Gasteiger partial charge in [-0.1, -0.05) is 25.1 Å². The molecule has 0 aromatic heterocycles. The smallest absolute Gasteiger partial charge is 0.243 e. The second-order valence-corrected chi connectivity index (χ2v) is 7.08. The zero-order valence-electron chi connectivity index (χ0n) is 12.0. The molecule has 20 heavy (non-hydrogen) atoms. The van der Waals surface area contributed by atoms with Crippen LogP contribution in [0, 0.1) is 0 Å². The third kappa shape index (κ3) is 2.88. The monoisotopic (exact) mass is 298 g/mol. The molecule has 0 saturated carbocycles. The summed E-state index contributed by atoms with van der Waals surface area (Å²) in [5, 5.41) is 9.33. The summed E-state index contributed by atoms with van der Waals surface area (Å²) in [6.07, 6.45) is 0.921. The van der Waals surface area contributed by atoms with Gasteiger partial charge in [-0.15, -0.1) is 0 Å². The van der Waals surface area contributed by atoms with Gasteiger partial charge in [0.2, 0.25) is 10.0 Å². The Labute approximate surface area is 120 Å². The minimum atomic E-state index is -3.52. The molecule has 0 amide bonds. The Bertz CT molecular complexity index is 559. The van der Waals surface area contributed by atoms with Gasteiger partial charge in [0.05, 0.1) is 11.5 Å². The number of sulfonamides is 1. The Morgan fingerprint density at radius 3 is 2.65 bits per heavy atom. The number of nitrogens with zero attached hydrogens (tertiary/aromatic N) is 2. The van der Waals surface area contributed by atoms with Crippen molar-refractivity contribution in [2.24, 2.45) is 0 Å². The molecule has 1 aliphatic heterocycles. The lowest BCUT2D eigenvalue weighted by molar-refractivity contribution is 0.144. The summed E-state index contributed by atoms with van der Waals surface area (Å²) in [6.45, 7) is 3.54. The van der Waals surface area contributed by atoms with Crippen LogP contribution in [0.25, 0.3) is 0 Å². The van der Waals surface area contributed by atoms with Crippen molar-refractivity contribution in [3.8, 4) is 0 Å². The van der Waals surface area contributed by atoms with E-state index in [9.17, 15) is 13.5 Å². The van der Waals surface area contributed by atoms with E-state index in [0.29, 0.717) is 18.7 Å². The maximum atomic E-state index is 12.7. The number of likely N-dealkylation sites (N-methyl/N-ethyl adjacent to an activating group) is 1. The topological polar surface area (TPSA) is 60.9 Å². The first-order chi connectivity index (χ1) is 9.50. The maximum absolute atomic E-state index is 12.7. The predicted molar refractivity (Wildman–Crippen MR) is 77.8 cm³/mol. The molecular formula is C14H22N2O3S. The number of aliphatic hydroxyl groups excluding tert-OH is 1. The Hall–Kier alpha value is -0.950. The van der Waals surface area contributed by atoms with Gasteiger partial charge in [0.15, 0.2) is 0 Å². The molecule has 5 nitrogen and oxygen atoms in total. The minimum Gasteiger partial charge on any atom is -0.392 e. The third-order valence-electron chi connectivity index (χ3n) is 3.97. The summed E-state index contributed by atoms with van der Waals surface area (Å²) in [7, 11) is -1.50. The van der Waals surface area contributed by atoms with Gasteiger partial charge in [0.1, 0.15) is 0 Å². The standard InChI is InChI=1S/C14H22N2O3S/c1-3-13-10-16(9-8-15(13)2)20(18,19)14-7-5-4-6-12(14)11-17/h4-7,13,17H,3,8-11H2,1-2H3. The highest BCUT2D eigenvalue weighted by atomic mass is 32.2. The molecule has 0 radical (unpaired) electrons. The molecule has 0 aliphatic carbocycles. The van der Waals surface area contributed by atoms with Crippen molar-refractivity contribution < 1.29 is 13.5 Å². The van der Waals surface area contributed by atoms with E-state index < -0.39 is 10.0 Å². The lowest BCUT2D eigenvalue weighted by Crippen LogP contribution is -2.52. The first-order valence-electron chi connectivity index (χ1n) is 6.89. The molecule has 1 atom stereocenters. The highest BCUT2D eigenvalue weighted by molar-refractivity contribution is 7.89. The van der Waals surface area contributed by atoms with Crippen molar-refractivity contribution in [2.45, 2.75) is 30.9 Å². The number of hydrogen-bond acceptors (Lipinski definition) is 4. The number of benzene rings is 1. The number of piperazine rings is 1. The van der Waals surface area contributed by atoms with Crippen molar-refractivity contribution >= 4 is 10.0 Å². The fraction of sp³-hybridized carbons (Fsp3) is 0.571. The van der Waals surface area contributed by atoms with Gasteiger partial charge >= 0.3 is 0 Å². The van der Waals surface area contributed by atoms with E-state index in [4.69, 9.17) is 0 Å². The van der Waals surface area contributed by atoms with Crippen molar-refractivity contribution in [2.75, 3.05) is 26.7 Å². The van der Waals surface area contributed by atoms with Crippen molar-refractivity contribution in [3.05, 3.63) is 29.8 Å². The summed E-state index contributed by atoms with van der Waals surface area (Å²) in [5.74, 6) is 0. The quantitative estimate of drug-likeness (QED) is 0.897. The summed E-state index contributed by atoms with van der Waals surface area (Å²) in [5.41, 5.74) is 0.458. The Kier molecular flexibility index (Phi) is 4.80. The Morgan fingerprint density at radius 1 is 1.30 bits per heavy atom. The fourth-order valence-corrected chi connectivity index (χ4v) is 4.28. The average molecular weight is 298 g/mol. The highest BCUT2D eigenvalue weighted by Crippen LogP contribution is 2.23. The molecule has 1 saturated heterocycles. The van der Waals surface area contributed by atoms with Crippen LogP contribution in [0.3, 0.4) is 0 Å². The Morgan fingerprint density at radius 2 is 2.00 bits per heavy atom. The van der Waals surface area contributed by atoms with Gasteiger partial charge in [-0.05, 0) is 25.1 Å². The molecule has 1 fully saturated rings. The van der Waals surface area contributed by atoms with E-state index in [0.717, 1.165) is 13.0 Å². The van der Waals surface area contributed by atoms with Crippen molar-refractivity contribution in [1.29, 1.82) is 0 Å². The highest BCUT2D eigenvalue weighted by Gasteiger charge is 2.32. The fourth-order valence-electron chi connectivity index (χ4n) is 2.60. The van der Waals surface area contributed by atoms with Crippen LogP contribution >= 0.6 is 0 Å². The van der Waals surface area contributed by atoms with E-state index in [1.165, 1.54) is 4.31 Å². The van der Waals surface area contributed by atoms with Gasteiger partial charge in [-0.3, -0.25) is 0 Å². The van der Waals surface area contributed by atoms with Crippen LogP contribution in [0.4, 0.5) is 0 Å². The second kappa shape index (κ2) is 6.22. The van der Waals surface area contributed by atoms with Gasteiger partial charge in [0.25, 0.3) is 0 Å². The maximum Gasteiger partial charge on any atom is 0.243 e. The van der Waals surface area contributed by atoms with E-state index in [1.54, 1.807) is 24.3 Å². The molecule has 2 rings (SSSR count). The Balaban J connectivity index is 2.31. The molecule has 0 spiro atoms. The third-order valence-corrected chi connectivity index (χ3v) is 5.94. The second-order valence-electron chi connectivity index (χ2n) is 5.17. The SMILES string of the molecule is CCC1CN(S(=O)(=O)c2ccccc2CO)CCN1C. The van der Waals surface area contributed by atoms with Gasteiger partial charge < -0.3 is 10.0 Å². The lowest BCUT2D eigenvalue weighted by Gasteiger charge is -2.38. The summed E-state index contributed by atoms with van der Waals surface area (Å²) >= 11 is 0. The first-order valence-corrected chi connectivity index (χ1v) is 8.33. The molecule has 112 valence electrons. The van der Waals surface area contributed by atoms with Crippen LogP contribution in [0.5, 0.6) is 0 Å². The lowest BCUT2D eigenvalue weighted by atomic mass is 10.1.